The van der Waals surface area contributed by atoms with Crippen LogP contribution in [0.15, 0.2) is 22.7 Å². The summed E-state index contributed by atoms with van der Waals surface area (Å²) in [5.41, 5.74) is 1.54. The van der Waals surface area contributed by atoms with Gasteiger partial charge in [-0.05, 0) is 43.1 Å². The molecule has 21 heavy (non-hydrogen) atoms. The second-order valence-electron chi connectivity index (χ2n) is 4.99. The number of anilines is 1. The molecule has 1 aromatic rings. The lowest BCUT2D eigenvalue weighted by Crippen LogP contribution is -2.35. The molecule has 0 radical (unpaired) electrons. The predicted molar refractivity (Wildman–Crippen MR) is 84.7 cm³/mol. The van der Waals surface area contributed by atoms with Gasteiger partial charge >= 0.3 is 6.18 Å². The Bertz CT molecular complexity index is 435. The lowest BCUT2D eigenvalue weighted by Gasteiger charge is -2.28. The molecule has 0 aliphatic heterocycles. The molecular weight excluding hydrogens is 345 g/mol. The number of nitrogens with one attached hydrogen (secondary N) is 1. The summed E-state index contributed by atoms with van der Waals surface area (Å²) in [6, 6.07) is 5.43. The molecule has 0 fully saturated rings. The van der Waals surface area contributed by atoms with Crippen molar-refractivity contribution in [3.8, 4) is 0 Å². The van der Waals surface area contributed by atoms with Crippen LogP contribution in [-0.4, -0.2) is 25.8 Å². The molecule has 0 saturated carbocycles. The van der Waals surface area contributed by atoms with Crippen molar-refractivity contribution >= 4 is 21.6 Å². The standard InChI is InChI=1S/C15H22BrF3N2/c1-3-7-20-10-12-9-13(16)5-6-14(12)21(8-4-2)11-15(17,18)19/h5-6,9,20H,3-4,7-8,10-11H2,1-2H3. The first-order valence-corrected chi connectivity index (χ1v) is 7.97. The van der Waals surface area contributed by atoms with Gasteiger partial charge in [0.05, 0.1) is 0 Å². The van der Waals surface area contributed by atoms with Crippen molar-refractivity contribution in [3.63, 3.8) is 0 Å². The summed E-state index contributed by atoms with van der Waals surface area (Å²) in [5.74, 6) is 0. The fourth-order valence-corrected chi connectivity index (χ4v) is 2.58. The summed E-state index contributed by atoms with van der Waals surface area (Å²) >= 11 is 3.39. The Morgan fingerprint density at radius 1 is 1.19 bits per heavy atom. The smallest absolute Gasteiger partial charge is 0.362 e. The third-order valence-corrected chi connectivity index (χ3v) is 3.48. The molecule has 2 nitrogen and oxygen atoms in total. The second kappa shape index (κ2) is 8.63. The van der Waals surface area contributed by atoms with Gasteiger partial charge < -0.3 is 10.2 Å². The fourth-order valence-electron chi connectivity index (χ4n) is 2.18. The maximum Gasteiger partial charge on any atom is 0.405 e. The molecular formula is C15H22BrF3N2. The third-order valence-electron chi connectivity index (χ3n) is 2.99. The zero-order valence-electron chi connectivity index (χ0n) is 12.4. The first-order chi connectivity index (χ1) is 9.87. The second-order valence-corrected chi connectivity index (χ2v) is 5.90. The van der Waals surface area contributed by atoms with Crippen molar-refractivity contribution in [1.82, 2.24) is 5.32 Å². The molecule has 1 N–H and O–H groups in total. The molecule has 120 valence electrons. The highest BCUT2D eigenvalue weighted by molar-refractivity contribution is 9.10. The number of benzene rings is 1. The van der Waals surface area contributed by atoms with E-state index in [1.165, 1.54) is 4.90 Å². The summed E-state index contributed by atoms with van der Waals surface area (Å²) in [6.07, 6.45) is -2.53. The monoisotopic (exact) mass is 366 g/mol. The highest BCUT2D eigenvalue weighted by Crippen LogP contribution is 2.28. The molecule has 0 amide bonds. The van der Waals surface area contributed by atoms with Crippen molar-refractivity contribution in [2.75, 3.05) is 24.5 Å². The zero-order valence-corrected chi connectivity index (χ0v) is 14.0. The summed E-state index contributed by atoms with van der Waals surface area (Å²) < 4.78 is 39.2. The van der Waals surface area contributed by atoms with E-state index in [0.717, 1.165) is 23.0 Å². The van der Waals surface area contributed by atoms with Crippen LogP contribution in [0.1, 0.15) is 32.3 Å². The number of nitrogens with zero attached hydrogens (tertiary/aromatic N) is 1. The van der Waals surface area contributed by atoms with E-state index in [-0.39, 0.29) is 0 Å². The minimum Gasteiger partial charge on any atom is -0.362 e. The molecule has 6 heteroatoms. The lowest BCUT2D eigenvalue weighted by molar-refractivity contribution is -0.119. The van der Waals surface area contributed by atoms with E-state index in [1.54, 1.807) is 12.1 Å². The van der Waals surface area contributed by atoms with E-state index in [0.29, 0.717) is 25.2 Å². The molecule has 0 saturated heterocycles. The minimum absolute atomic E-state index is 0.391. The molecule has 0 aliphatic rings. The quantitative estimate of drug-likeness (QED) is 0.669. The Hall–Kier alpha value is -0.750. The lowest BCUT2D eigenvalue weighted by atomic mass is 10.1. The minimum atomic E-state index is -4.20. The summed E-state index contributed by atoms with van der Waals surface area (Å²) in [5, 5.41) is 3.25. The van der Waals surface area contributed by atoms with Gasteiger partial charge in [-0.3, -0.25) is 0 Å². The van der Waals surface area contributed by atoms with Crippen LogP contribution in [-0.2, 0) is 6.54 Å². The normalized spacial score (nSPS) is 11.7. The van der Waals surface area contributed by atoms with Gasteiger partial charge in [-0.2, -0.15) is 13.2 Å². The molecule has 0 atom stereocenters. The largest absolute Gasteiger partial charge is 0.405 e. The first-order valence-electron chi connectivity index (χ1n) is 7.18. The number of hydrogen-bond donors (Lipinski definition) is 1. The molecule has 0 bridgehead atoms. The maximum atomic E-state index is 12.8. The summed E-state index contributed by atoms with van der Waals surface area (Å²) in [6.45, 7) is 4.84. The van der Waals surface area contributed by atoms with Crippen LogP contribution >= 0.6 is 15.9 Å². The predicted octanol–water partition coefficient (Wildman–Crippen LogP) is 4.73. The third kappa shape index (κ3) is 6.70. The van der Waals surface area contributed by atoms with Gasteiger partial charge in [0.15, 0.2) is 0 Å². The fraction of sp³-hybridized carbons (Fsp3) is 0.600. The highest BCUT2D eigenvalue weighted by atomic mass is 79.9. The molecule has 1 rings (SSSR count). The molecule has 0 aromatic heterocycles. The maximum absolute atomic E-state index is 12.8. The number of alkyl halides is 3. The average molecular weight is 367 g/mol. The number of rotatable bonds is 8. The van der Waals surface area contributed by atoms with Gasteiger partial charge in [-0.1, -0.05) is 29.8 Å². The average Bonchev–Trinajstić information content (AvgIpc) is 2.37. The topological polar surface area (TPSA) is 15.3 Å². The number of halogens is 4. The van der Waals surface area contributed by atoms with Crippen LogP contribution in [0, 0.1) is 0 Å². The van der Waals surface area contributed by atoms with E-state index in [2.05, 4.69) is 28.2 Å². The highest BCUT2D eigenvalue weighted by Gasteiger charge is 2.31. The summed E-state index contributed by atoms with van der Waals surface area (Å²) in [4.78, 5) is 1.41. The molecule has 0 unspecified atom stereocenters. The van der Waals surface area contributed by atoms with E-state index in [4.69, 9.17) is 0 Å². The molecule has 1 aromatic carbocycles. The van der Waals surface area contributed by atoms with Gasteiger partial charge in [0, 0.05) is 23.2 Å². The van der Waals surface area contributed by atoms with E-state index in [9.17, 15) is 13.2 Å². The Morgan fingerprint density at radius 2 is 1.90 bits per heavy atom. The van der Waals surface area contributed by atoms with Gasteiger partial charge in [0.1, 0.15) is 6.54 Å². The van der Waals surface area contributed by atoms with Crippen molar-refractivity contribution in [2.45, 2.75) is 39.4 Å². The first kappa shape index (κ1) is 18.3. The van der Waals surface area contributed by atoms with Crippen LogP contribution in [0.2, 0.25) is 0 Å². The summed E-state index contributed by atoms with van der Waals surface area (Å²) in [7, 11) is 0. The van der Waals surface area contributed by atoms with Crippen LogP contribution < -0.4 is 10.2 Å². The van der Waals surface area contributed by atoms with E-state index < -0.39 is 12.7 Å². The number of hydrogen-bond acceptors (Lipinski definition) is 2. The Labute approximate surface area is 132 Å². The van der Waals surface area contributed by atoms with E-state index >= 15 is 0 Å². The molecule has 0 aliphatic carbocycles. The van der Waals surface area contributed by atoms with Gasteiger partial charge in [-0.15, -0.1) is 0 Å². The zero-order chi connectivity index (χ0) is 15.9. The van der Waals surface area contributed by atoms with Crippen LogP contribution in [0.5, 0.6) is 0 Å². The Kier molecular flexibility index (Phi) is 7.52. The van der Waals surface area contributed by atoms with Crippen molar-refractivity contribution < 1.29 is 13.2 Å². The van der Waals surface area contributed by atoms with Gasteiger partial charge in [0.2, 0.25) is 0 Å². The van der Waals surface area contributed by atoms with Crippen LogP contribution in [0.4, 0.5) is 18.9 Å². The van der Waals surface area contributed by atoms with Crippen molar-refractivity contribution in [2.24, 2.45) is 0 Å². The Balaban J connectivity index is 2.99. The van der Waals surface area contributed by atoms with Crippen molar-refractivity contribution in [3.05, 3.63) is 28.2 Å². The molecule has 0 spiro atoms. The van der Waals surface area contributed by atoms with Gasteiger partial charge in [-0.25, -0.2) is 0 Å². The van der Waals surface area contributed by atoms with E-state index in [1.807, 2.05) is 13.0 Å². The van der Waals surface area contributed by atoms with Gasteiger partial charge in [0.25, 0.3) is 0 Å². The Morgan fingerprint density at radius 3 is 2.48 bits per heavy atom. The van der Waals surface area contributed by atoms with Crippen LogP contribution in [0.3, 0.4) is 0 Å². The SMILES string of the molecule is CCCNCc1cc(Br)ccc1N(CCC)CC(F)(F)F. The van der Waals surface area contributed by atoms with Crippen LogP contribution in [0.25, 0.3) is 0 Å². The van der Waals surface area contributed by atoms with Crippen molar-refractivity contribution in [1.29, 1.82) is 0 Å². The molecule has 0 heterocycles.